The molecule has 1 aliphatic rings. The number of carbonyl (C=O) groups excluding carboxylic acids is 2. The number of nitrogens with one attached hydrogen (secondary N) is 1. The lowest BCUT2D eigenvalue weighted by Crippen LogP contribution is -2.33. The number of hydrogen-bond acceptors (Lipinski definition) is 6. The van der Waals surface area contributed by atoms with Gasteiger partial charge in [-0.2, -0.15) is 0 Å². The Morgan fingerprint density at radius 3 is 2.58 bits per heavy atom. The summed E-state index contributed by atoms with van der Waals surface area (Å²) in [5, 5.41) is 3.63. The van der Waals surface area contributed by atoms with Gasteiger partial charge in [0.1, 0.15) is 16.9 Å². The number of amides is 1. The van der Waals surface area contributed by atoms with E-state index in [0.717, 1.165) is 48.6 Å². The molecular formula is C24H31NO6. The first-order chi connectivity index (χ1) is 14.7. The normalized spacial score (nSPS) is 13.2. The van der Waals surface area contributed by atoms with Crippen molar-refractivity contribution < 1.29 is 23.5 Å². The molecule has 0 bridgehead atoms. The van der Waals surface area contributed by atoms with Gasteiger partial charge in [-0.1, -0.05) is 6.42 Å². The first kappa shape index (κ1) is 22.8. The molecule has 1 heterocycles. The van der Waals surface area contributed by atoms with Crippen LogP contribution in [-0.4, -0.2) is 24.2 Å². The van der Waals surface area contributed by atoms with E-state index in [0.29, 0.717) is 29.9 Å². The summed E-state index contributed by atoms with van der Waals surface area (Å²) in [5.74, 6) is 0.0937. The van der Waals surface area contributed by atoms with Gasteiger partial charge in [0, 0.05) is 29.5 Å². The maximum atomic E-state index is 12.2. The minimum atomic E-state index is -0.517. The van der Waals surface area contributed by atoms with Gasteiger partial charge in [-0.3, -0.25) is 4.79 Å². The molecule has 0 atom stereocenters. The number of fused-ring (bicyclic) bond motifs is 3. The third kappa shape index (κ3) is 5.87. The van der Waals surface area contributed by atoms with E-state index in [-0.39, 0.29) is 18.0 Å². The second kappa shape index (κ2) is 9.54. The Kier molecular flexibility index (Phi) is 7.03. The first-order valence-corrected chi connectivity index (χ1v) is 10.9. The molecule has 7 nitrogen and oxygen atoms in total. The van der Waals surface area contributed by atoms with Crippen molar-refractivity contribution in [1.82, 2.24) is 5.32 Å². The van der Waals surface area contributed by atoms with E-state index in [9.17, 15) is 14.4 Å². The zero-order valence-corrected chi connectivity index (χ0v) is 18.8. The minimum absolute atomic E-state index is 0.276. The van der Waals surface area contributed by atoms with Gasteiger partial charge in [-0.25, -0.2) is 9.59 Å². The van der Waals surface area contributed by atoms with E-state index < -0.39 is 11.7 Å². The smallest absolute Gasteiger partial charge is 0.407 e. The molecule has 1 amide bonds. The molecule has 0 radical (unpaired) electrons. The highest BCUT2D eigenvalue weighted by atomic mass is 16.6. The molecule has 1 aliphatic carbocycles. The van der Waals surface area contributed by atoms with Crippen LogP contribution in [0.2, 0.25) is 0 Å². The second-order valence-corrected chi connectivity index (χ2v) is 8.98. The Hall–Kier alpha value is -2.83. The van der Waals surface area contributed by atoms with Crippen LogP contribution in [0.5, 0.6) is 5.75 Å². The summed E-state index contributed by atoms with van der Waals surface area (Å²) in [6.07, 6.45) is 4.62. The quantitative estimate of drug-likeness (QED) is 0.300. The molecule has 168 valence electrons. The third-order valence-electron chi connectivity index (χ3n) is 5.29. The molecule has 7 heteroatoms. The number of alkyl carbamates (subject to hydrolysis) is 1. The highest BCUT2D eigenvalue weighted by Crippen LogP contribution is 2.33. The van der Waals surface area contributed by atoms with Gasteiger partial charge in [0.15, 0.2) is 0 Å². The van der Waals surface area contributed by atoms with Gasteiger partial charge < -0.3 is 19.2 Å². The van der Waals surface area contributed by atoms with Gasteiger partial charge >= 0.3 is 17.7 Å². The number of carbonyl (C=O) groups is 2. The lowest BCUT2D eigenvalue weighted by molar-refractivity contribution is -0.134. The average molecular weight is 430 g/mol. The van der Waals surface area contributed by atoms with Crippen molar-refractivity contribution in [3.63, 3.8) is 0 Å². The third-order valence-corrected chi connectivity index (χ3v) is 5.29. The number of benzene rings is 1. The number of unbranched alkanes of at least 4 members (excludes halogenated alkanes) is 2. The lowest BCUT2D eigenvalue weighted by atomic mass is 10.0. The summed E-state index contributed by atoms with van der Waals surface area (Å²) in [7, 11) is 0. The molecule has 2 aromatic rings. The largest absolute Gasteiger partial charge is 0.444 e. The van der Waals surface area contributed by atoms with Crippen molar-refractivity contribution in [2.24, 2.45) is 0 Å². The van der Waals surface area contributed by atoms with Gasteiger partial charge in [-0.05, 0) is 77.5 Å². The van der Waals surface area contributed by atoms with E-state index in [4.69, 9.17) is 13.9 Å². The lowest BCUT2D eigenvalue weighted by Gasteiger charge is -2.19. The summed E-state index contributed by atoms with van der Waals surface area (Å²) in [4.78, 5) is 36.1. The summed E-state index contributed by atoms with van der Waals surface area (Å²) in [6, 6.07) is 3.65. The molecule has 0 spiro atoms. The fraction of sp³-hybridized carbons (Fsp3) is 0.542. The van der Waals surface area contributed by atoms with Crippen molar-refractivity contribution in [2.75, 3.05) is 6.54 Å². The molecule has 3 rings (SSSR count). The Morgan fingerprint density at radius 1 is 1.10 bits per heavy atom. The molecule has 1 aromatic carbocycles. The topological polar surface area (TPSA) is 94.8 Å². The van der Waals surface area contributed by atoms with Crippen molar-refractivity contribution in [3.05, 3.63) is 39.2 Å². The zero-order chi connectivity index (χ0) is 22.6. The van der Waals surface area contributed by atoms with Crippen molar-refractivity contribution in [2.45, 2.75) is 78.2 Å². The molecule has 1 aromatic heterocycles. The fourth-order valence-corrected chi connectivity index (χ4v) is 3.82. The van der Waals surface area contributed by atoms with Crippen molar-refractivity contribution in [3.8, 4) is 5.75 Å². The first-order valence-electron chi connectivity index (χ1n) is 10.9. The van der Waals surface area contributed by atoms with E-state index in [2.05, 4.69) is 5.32 Å². The fourth-order valence-electron chi connectivity index (χ4n) is 3.82. The summed E-state index contributed by atoms with van der Waals surface area (Å²) < 4.78 is 16.2. The van der Waals surface area contributed by atoms with Crippen LogP contribution in [0.1, 0.15) is 69.6 Å². The summed E-state index contributed by atoms with van der Waals surface area (Å²) in [6.45, 7) is 7.75. The van der Waals surface area contributed by atoms with Gasteiger partial charge in [0.25, 0.3) is 0 Å². The highest BCUT2D eigenvalue weighted by Gasteiger charge is 2.22. The van der Waals surface area contributed by atoms with E-state index in [1.165, 1.54) is 0 Å². The van der Waals surface area contributed by atoms with Crippen LogP contribution >= 0.6 is 0 Å². The Morgan fingerprint density at radius 2 is 1.84 bits per heavy atom. The number of hydrogen-bond donors (Lipinski definition) is 1. The van der Waals surface area contributed by atoms with Crippen LogP contribution in [-0.2, 0) is 22.4 Å². The van der Waals surface area contributed by atoms with Gasteiger partial charge in [0.2, 0.25) is 0 Å². The van der Waals surface area contributed by atoms with E-state index >= 15 is 0 Å². The monoisotopic (exact) mass is 429 g/mol. The number of esters is 1. The Labute approximate surface area is 182 Å². The molecule has 0 saturated carbocycles. The molecule has 0 fully saturated rings. The molecule has 31 heavy (non-hydrogen) atoms. The van der Waals surface area contributed by atoms with Crippen molar-refractivity contribution >= 4 is 23.0 Å². The summed E-state index contributed by atoms with van der Waals surface area (Å²) >= 11 is 0. The van der Waals surface area contributed by atoms with E-state index in [1.54, 1.807) is 13.0 Å². The predicted octanol–water partition coefficient (Wildman–Crippen LogP) is 4.58. The van der Waals surface area contributed by atoms with Crippen LogP contribution < -0.4 is 15.7 Å². The molecular weight excluding hydrogens is 398 g/mol. The predicted molar refractivity (Wildman–Crippen MR) is 118 cm³/mol. The Bertz CT molecular complexity index is 1030. The molecule has 0 aliphatic heterocycles. The highest BCUT2D eigenvalue weighted by molar-refractivity contribution is 5.87. The number of rotatable bonds is 7. The molecule has 1 N–H and O–H groups in total. The molecule has 0 unspecified atom stereocenters. The van der Waals surface area contributed by atoms with Gasteiger partial charge in [0.05, 0.1) is 0 Å². The van der Waals surface area contributed by atoms with Crippen LogP contribution in [0, 0.1) is 6.92 Å². The minimum Gasteiger partial charge on any atom is -0.444 e. The van der Waals surface area contributed by atoms with Crippen LogP contribution in [0.25, 0.3) is 11.0 Å². The van der Waals surface area contributed by atoms with Crippen molar-refractivity contribution in [1.29, 1.82) is 0 Å². The number of aryl methyl sites for hydroxylation is 2. The maximum absolute atomic E-state index is 12.2. The second-order valence-electron chi connectivity index (χ2n) is 8.98. The van der Waals surface area contributed by atoms with Crippen LogP contribution in [0.4, 0.5) is 4.79 Å². The van der Waals surface area contributed by atoms with Crippen LogP contribution in [0.15, 0.2) is 21.3 Å². The zero-order valence-electron chi connectivity index (χ0n) is 18.8. The van der Waals surface area contributed by atoms with Gasteiger partial charge in [-0.15, -0.1) is 0 Å². The number of ether oxygens (including phenoxy) is 2. The van der Waals surface area contributed by atoms with E-state index in [1.807, 2.05) is 26.8 Å². The SMILES string of the molecule is Cc1c(OC(=O)CCCCCNC(=O)OC(C)(C)C)ccc2c3c(c(=O)oc12)CCC3. The van der Waals surface area contributed by atoms with Crippen LogP contribution in [0.3, 0.4) is 0 Å². The summed E-state index contributed by atoms with van der Waals surface area (Å²) in [5.41, 5.74) is 2.21. The average Bonchev–Trinajstić information content (AvgIpc) is 3.17. The molecule has 0 saturated heterocycles. The standard InChI is InChI=1S/C24H31NO6/c1-15-19(13-12-17-16-9-8-10-18(16)22(27)30-21(15)17)29-20(26)11-6-5-7-14-25-23(28)31-24(2,3)4/h12-13H,5-11,14H2,1-4H3,(H,25,28). The Balaban J connectivity index is 1.48. The maximum Gasteiger partial charge on any atom is 0.407 e.